The van der Waals surface area contributed by atoms with E-state index in [1.807, 2.05) is 60.5 Å². The van der Waals surface area contributed by atoms with Crippen LogP contribution in [0.3, 0.4) is 0 Å². The van der Waals surface area contributed by atoms with Crippen LogP contribution in [-0.4, -0.2) is 45.2 Å². The fourth-order valence-electron chi connectivity index (χ4n) is 3.37. The number of aromatic nitrogens is 3. The molecular weight excluding hydrogens is 326 g/mol. The molecule has 0 aliphatic carbocycles. The normalized spacial score (nSPS) is 17.3. The second-order valence-corrected chi connectivity index (χ2v) is 6.41. The van der Waals surface area contributed by atoms with Crippen molar-refractivity contribution in [2.45, 2.75) is 13.0 Å². The van der Waals surface area contributed by atoms with Crippen LogP contribution in [0.5, 0.6) is 0 Å². The number of hydrogen-bond acceptors (Lipinski definition) is 4. The molecule has 3 aromatic rings. The molecule has 2 aromatic heterocycles. The molecule has 1 N–H and O–H groups in total. The van der Waals surface area contributed by atoms with Gasteiger partial charge in [-0.25, -0.2) is 4.68 Å². The van der Waals surface area contributed by atoms with Gasteiger partial charge in [-0.3, -0.25) is 9.78 Å². The highest BCUT2D eigenvalue weighted by molar-refractivity contribution is 5.95. The fraction of sp³-hybridized carbons (Fsp3) is 0.250. The predicted molar refractivity (Wildman–Crippen MR) is 99.2 cm³/mol. The first-order valence-corrected chi connectivity index (χ1v) is 8.77. The van der Waals surface area contributed by atoms with Crippen LogP contribution in [0.15, 0.2) is 61.1 Å². The van der Waals surface area contributed by atoms with Gasteiger partial charge >= 0.3 is 0 Å². The Morgan fingerprint density at radius 2 is 1.92 bits per heavy atom. The quantitative estimate of drug-likeness (QED) is 0.790. The monoisotopic (exact) mass is 347 g/mol. The largest absolute Gasteiger partial charge is 0.329 e. The number of carbonyl (C=O) groups excluding carboxylic acids is 1. The molecular formula is C20H21N5O. The van der Waals surface area contributed by atoms with Crippen LogP contribution in [-0.2, 0) is 0 Å². The van der Waals surface area contributed by atoms with Crippen LogP contribution in [0.25, 0.3) is 5.69 Å². The smallest absolute Gasteiger partial charge is 0.257 e. The predicted octanol–water partition coefficient (Wildman–Crippen LogP) is 2.36. The van der Waals surface area contributed by atoms with Gasteiger partial charge in [0.25, 0.3) is 5.91 Å². The van der Waals surface area contributed by atoms with Crippen LogP contribution in [0.4, 0.5) is 0 Å². The first-order valence-electron chi connectivity index (χ1n) is 8.77. The van der Waals surface area contributed by atoms with E-state index in [0.29, 0.717) is 12.1 Å². The second kappa shape index (κ2) is 7.09. The lowest BCUT2D eigenvalue weighted by atomic mass is 10.0. The number of nitrogens with zero attached hydrogens (tertiary/aromatic N) is 4. The van der Waals surface area contributed by atoms with Gasteiger partial charge in [-0.05, 0) is 36.8 Å². The molecule has 132 valence electrons. The Kier molecular flexibility index (Phi) is 4.50. The number of rotatable bonds is 3. The summed E-state index contributed by atoms with van der Waals surface area (Å²) in [5.74, 6) is 0.0213. The van der Waals surface area contributed by atoms with Crippen molar-refractivity contribution in [3.63, 3.8) is 0 Å². The van der Waals surface area contributed by atoms with Gasteiger partial charge in [0.2, 0.25) is 0 Å². The summed E-state index contributed by atoms with van der Waals surface area (Å²) in [6.45, 7) is 4.08. The lowest BCUT2D eigenvalue weighted by molar-refractivity contribution is 0.0633. The van der Waals surface area contributed by atoms with Gasteiger partial charge in [-0.2, -0.15) is 5.10 Å². The van der Waals surface area contributed by atoms with Gasteiger partial charge in [-0.1, -0.05) is 18.2 Å². The molecule has 4 rings (SSSR count). The average molecular weight is 347 g/mol. The van der Waals surface area contributed by atoms with Crippen molar-refractivity contribution in [3.05, 3.63) is 77.9 Å². The molecule has 0 bridgehead atoms. The minimum atomic E-state index is -0.00118. The summed E-state index contributed by atoms with van der Waals surface area (Å²) in [4.78, 5) is 19.3. The molecule has 6 nitrogen and oxygen atoms in total. The zero-order valence-electron chi connectivity index (χ0n) is 14.7. The molecule has 0 spiro atoms. The number of hydrogen-bond donors (Lipinski definition) is 1. The van der Waals surface area contributed by atoms with Crippen molar-refractivity contribution >= 4 is 5.91 Å². The van der Waals surface area contributed by atoms with Crippen LogP contribution < -0.4 is 5.32 Å². The summed E-state index contributed by atoms with van der Waals surface area (Å²) in [5, 5.41) is 7.92. The van der Waals surface area contributed by atoms with Gasteiger partial charge in [-0.15, -0.1) is 0 Å². The first kappa shape index (κ1) is 16.5. The SMILES string of the molecule is Cc1nn(-c2ccccc2)cc1C(=O)N1CCNCC1c1ccncc1. The van der Waals surface area contributed by atoms with Gasteiger partial charge in [0.15, 0.2) is 0 Å². The number of pyridine rings is 1. The van der Waals surface area contributed by atoms with Crippen molar-refractivity contribution < 1.29 is 4.79 Å². The number of benzene rings is 1. The third-order valence-electron chi connectivity index (χ3n) is 4.75. The standard InChI is InChI=1S/C20H21N5O/c1-15-18(14-25(23-15)17-5-3-2-4-6-17)20(26)24-12-11-22-13-19(24)16-7-9-21-10-8-16/h2-10,14,19,22H,11-13H2,1H3. The molecule has 0 radical (unpaired) electrons. The summed E-state index contributed by atoms with van der Waals surface area (Å²) in [7, 11) is 0. The molecule has 1 fully saturated rings. The van der Waals surface area contributed by atoms with Gasteiger partial charge in [0.1, 0.15) is 0 Å². The van der Waals surface area contributed by atoms with Crippen LogP contribution >= 0.6 is 0 Å². The molecule has 1 saturated heterocycles. The molecule has 1 aromatic carbocycles. The third kappa shape index (κ3) is 3.11. The van der Waals surface area contributed by atoms with Crippen molar-refractivity contribution in [1.29, 1.82) is 0 Å². The summed E-state index contributed by atoms with van der Waals surface area (Å²) in [5.41, 5.74) is 3.43. The number of amides is 1. The van der Waals surface area contributed by atoms with E-state index in [4.69, 9.17) is 0 Å². The lowest BCUT2D eigenvalue weighted by Gasteiger charge is -2.36. The Morgan fingerprint density at radius 1 is 1.15 bits per heavy atom. The number of nitrogens with one attached hydrogen (secondary N) is 1. The van der Waals surface area contributed by atoms with E-state index in [-0.39, 0.29) is 11.9 Å². The van der Waals surface area contributed by atoms with Gasteiger partial charge in [0, 0.05) is 38.2 Å². The summed E-state index contributed by atoms with van der Waals surface area (Å²) in [6.07, 6.45) is 5.37. The molecule has 1 aliphatic rings. The fourth-order valence-corrected chi connectivity index (χ4v) is 3.37. The molecule has 3 heterocycles. The zero-order chi connectivity index (χ0) is 17.9. The average Bonchev–Trinajstić information content (AvgIpc) is 3.10. The second-order valence-electron chi connectivity index (χ2n) is 6.41. The Labute approximate surface area is 152 Å². The number of piperazine rings is 1. The Hall–Kier alpha value is -2.99. The van der Waals surface area contributed by atoms with E-state index in [1.54, 1.807) is 17.1 Å². The van der Waals surface area contributed by atoms with E-state index in [0.717, 1.165) is 30.0 Å². The number of para-hydroxylation sites is 1. The zero-order valence-corrected chi connectivity index (χ0v) is 14.7. The van der Waals surface area contributed by atoms with Crippen LogP contribution in [0.2, 0.25) is 0 Å². The van der Waals surface area contributed by atoms with Gasteiger partial charge in [0.05, 0.1) is 23.0 Å². The highest BCUT2D eigenvalue weighted by Crippen LogP contribution is 2.25. The highest BCUT2D eigenvalue weighted by Gasteiger charge is 2.30. The van der Waals surface area contributed by atoms with Crippen molar-refractivity contribution in [2.75, 3.05) is 19.6 Å². The molecule has 0 saturated carbocycles. The maximum Gasteiger partial charge on any atom is 0.257 e. The Bertz CT molecular complexity index is 891. The number of carbonyl (C=O) groups is 1. The van der Waals surface area contributed by atoms with E-state index in [9.17, 15) is 4.79 Å². The molecule has 6 heteroatoms. The minimum Gasteiger partial charge on any atom is -0.329 e. The molecule has 26 heavy (non-hydrogen) atoms. The van der Waals surface area contributed by atoms with E-state index in [2.05, 4.69) is 15.4 Å². The number of aryl methyl sites for hydroxylation is 1. The van der Waals surface area contributed by atoms with Crippen LogP contribution in [0.1, 0.15) is 27.7 Å². The van der Waals surface area contributed by atoms with E-state index >= 15 is 0 Å². The molecule has 1 unspecified atom stereocenters. The van der Waals surface area contributed by atoms with Crippen LogP contribution in [0, 0.1) is 6.92 Å². The summed E-state index contributed by atoms with van der Waals surface area (Å²) in [6, 6.07) is 13.8. The van der Waals surface area contributed by atoms with E-state index in [1.165, 1.54) is 0 Å². The maximum atomic E-state index is 13.3. The topological polar surface area (TPSA) is 63.1 Å². The minimum absolute atomic E-state index is 0.00118. The third-order valence-corrected chi connectivity index (χ3v) is 4.75. The highest BCUT2D eigenvalue weighted by atomic mass is 16.2. The summed E-state index contributed by atoms with van der Waals surface area (Å²) < 4.78 is 1.77. The van der Waals surface area contributed by atoms with Crippen molar-refractivity contribution in [1.82, 2.24) is 25.0 Å². The van der Waals surface area contributed by atoms with Crippen molar-refractivity contribution in [3.8, 4) is 5.69 Å². The van der Waals surface area contributed by atoms with Gasteiger partial charge < -0.3 is 10.2 Å². The maximum absolute atomic E-state index is 13.3. The first-order chi connectivity index (χ1) is 12.7. The van der Waals surface area contributed by atoms with Crippen molar-refractivity contribution in [2.24, 2.45) is 0 Å². The Balaban J connectivity index is 1.65. The summed E-state index contributed by atoms with van der Waals surface area (Å²) >= 11 is 0. The molecule has 1 aliphatic heterocycles. The molecule has 1 atom stereocenters. The Morgan fingerprint density at radius 3 is 2.69 bits per heavy atom. The lowest BCUT2D eigenvalue weighted by Crippen LogP contribution is -2.48. The van der Waals surface area contributed by atoms with E-state index < -0.39 is 0 Å². The molecule has 1 amide bonds.